The van der Waals surface area contributed by atoms with Crippen LogP contribution in [0.4, 0.5) is 16.2 Å². The molecule has 0 unspecified atom stereocenters. The number of hydrogen-bond donors (Lipinski definition) is 3. The van der Waals surface area contributed by atoms with Gasteiger partial charge >= 0.3 is 6.03 Å². The maximum Gasteiger partial charge on any atom is 0.323 e. The van der Waals surface area contributed by atoms with Gasteiger partial charge in [-0.2, -0.15) is 0 Å². The molecule has 3 rings (SSSR count). The van der Waals surface area contributed by atoms with Crippen molar-refractivity contribution >= 4 is 29.2 Å². The second-order valence-electron chi connectivity index (χ2n) is 6.95. The molecular weight excluding hydrogens is 346 g/mol. The van der Waals surface area contributed by atoms with Gasteiger partial charge in [0.1, 0.15) is 5.75 Å². The smallest absolute Gasteiger partial charge is 0.323 e. The van der Waals surface area contributed by atoms with Crippen molar-refractivity contribution in [3.63, 3.8) is 0 Å². The van der Waals surface area contributed by atoms with Crippen molar-refractivity contribution in [3.8, 4) is 5.75 Å². The highest BCUT2D eigenvalue weighted by molar-refractivity contribution is 6.22. The lowest BCUT2D eigenvalue weighted by Gasteiger charge is -2.15. The summed E-state index contributed by atoms with van der Waals surface area (Å²) in [5.41, 5.74) is 2.32. The molecule has 0 atom stereocenters. The molecule has 0 bridgehead atoms. The molecule has 7 nitrogen and oxygen atoms in total. The second-order valence-corrected chi connectivity index (χ2v) is 6.95. The van der Waals surface area contributed by atoms with Gasteiger partial charge in [0.15, 0.2) is 0 Å². The first-order valence-corrected chi connectivity index (χ1v) is 8.64. The highest BCUT2D eigenvalue weighted by Gasteiger charge is 2.35. The van der Waals surface area contributed by atoms with Gasteiger partial charge in [-0.15, -0.1) is 0 Å². The largest absolute Gasteiger partial charge is 0.508 e. The van der Waals surface area contributed by atoms with Crippen molar-refractivity contribution in [2.24, 2.45) is 5.92 Å². The number of phenols is 1. The number of nitrogens with one attached hydrogen (secondary N) is 2. The van der Waals surface area contributed by atoms with Gasteiger partial charge in [0.2, 0.25) is 0 Å². The molecule has 1 aliphatic heterocycles. The molecule has 1 heterocycles. The molecule has 27 heavy (non-hydrogen) atoms. The number of amides is 4. The summed E-state index contributed by atoms with van der Waals surface area (Å²) in [6.07, 6.45) is 0. The number of imide groups is 1. The van der Waals surface area contributed by atoms with Crippen molar-refractivity contribution < 1.29 is 19.5 Å². The molecule has 0 spiro atoms. The van der Waals surface area contributed by atoms with E-state index in [4.69, 9.17) is 0 Å². The maximum absolute atomic E-state index is 12.5. The third kappa shape index (κ3) is 3.76. The van der Waals surface area contributed by atoms with Crippen molar-refractivity contribution in [3.05, 3.63) is 53.1 Å². The van der Waals surface area contributed by atoms with Crippen LogP contribution in [0.25, 0.3) is 0 Å². The Kier molecular flexibility index (Phi) is 4.85. The van der Waals surface area contributed by atoms with E-state index in [-0.39, 0.29) is 23.5 Å². The van der Waals surface area contributed by atoms with Crippen LogP contribution in [0.3, 0.4) is 0 Å². The summed E-state index contributed by atoms with van der Waals surface area (Å²) in [5.74, 6) is -0.364. The van der Waals surface area contributed by atoms with E-state index >= 15 is 0 Å². The molecule has 2 aromatic carbocycles. The normalized spacial score (nSPS) is 13.1. The summed E-state index contributed by atoms with van der Waals surface area (Å²) >= 11 is 0. The van der Waals surface area contributed by atoms with Crippen LogP contribution in [0.15, 0.2) is 36.4 Å². The van der Waals surface area contributed by atoms with Gasteiger partial charge in [-0.3, -0.25) is 14.5 Å². The molecule has 3 N–H and O–H groups in total. The number of carbonyl (C=O) groups is 3. The number of fused-ring (bicyclic) bond motifs is 1. The molecule has 0 saturated carbocycles. The minimum atomic E-state index is -0.487. The first-order valence-electron chi connectivity index (χ1n) is 8.64. The number of rotatable bonds is 4. The molecular formula is C20H21N3O4. The number of phenolic OH excluding ortho intramolecular Hbond substituents is 1. The Labute approximate surface area is 157 Å². The SMILES string of the molecule is Cc1cc(O)ccc1NC(=O)Nc1ccc2c(c1)C(=O)N(CC(C)C)C2=O. The zero-order valence-electron chi connectivity index (χ0n) is 15.4. The molecule has 140 valence electrons. The van der Waals surface area contributed by atoms with Crippen LogP contribution in [-0.2, 0) is 0 Å². The van der Waals surface area contributed by atoms with Gasteiger partial charge in [0.25, 0.3) is 11.8 Å². The Morgan fingerprint density at radius 1 is 1.04 bits per heavy atom. The summed E-state index contributed by atoms with van der Waals surface area (Å²) in [6.45, 7) is 5.99. The third-order valence-corrected chi connectivity index (χ3v) is 4.23. The summed E-state index contributed by atoms with van der Waals surface area (Å²) in [4.78, 5) is 38.3. The molecule has 2 aromatic rings. The average Bonchev–Trinajstić information content (AvgIpc) is 2.82. The number of anilines is 2. The predicted octanol–water partition coefficient (Wildman–Crippen LogP) is 3.60. The molecule has 0 radical (unpaired) electrons. The lowest BCUT2D eigenvalue weighted by atomic mass is 10.1. The van der Waals surface area contributed by atoms with Crippen molar-refractivity contribution in [1.82, 2.24) is 4.90 Å². The Balaban J connectivity index is 1.75. The monoisotopic (exact) mass is 367 g/mol. The number of nitrogens with zero attached hydrogens (tertiary/aromatic N) is 1. The second kappa shape index (κ2) is 7.11. The minimum absolute atomic E-state index is 0.117. The average molecular weight is 367 g/mol. The first-order chi connectivity index (χ1) is 12.8. The van der Waals surface area contributed by atoms with Gasteiger partial charge in [-0.1, -0.05) is 13.8 Å². The van der Waals surface area contributed by atoms with E-state index in [1.165, 1.54) is 17.0 Å². The third-order valence-electron chi connectivity index (χ3n) is 4.23. The lowest BCUT2D eigenvalue weighted by molar-refractivity contribution is 0.0636. The van der Waals surface area contributed by atoms with Crippen LogP contribution in [-0.4, -0.2) is 34.4 Å². The summed E-state index contributed by atoms with van der Waals surface area (Å²) in [6, 6.07) is 8.78. The Morgan fingerprint density at radius 3 is 2.41 bits per heavy atom. The molecule has 1 aliphatic rings. The van der Waals surface area contributed by atoms with Crippen LogP contribution in [0.5, 0.6) is 5.75 Å². The standard InChI is InChI=1S/C20H21N3O4/c1-11(2)10-23-18(25)15-6-4-13(9-16(15)19(23)26)21-20(27)22-17-7-5-14(24)8-12(17)3/h4-9,11,24H,10H2,1-3H3,(H2,21,22,27). The highest BCUT2D eigenvalue weighted by atomic mass is 16.3. The van der Waals surface area contributed by atoms with Crippen LogP contribution < -0.4 is 10.6 Å². The fraction of sp³-hybridized carbons (Fsp3) is 0.250. The number of aromatic hydroxyl groups is 1. The highest BCUT2D eigenvalue weighted by Crippen LogP contribution is 2.27. The number of hydrogen-bond acceptors (Lipinski definition) is 4. The fourth-order valence-electron chi connectivity index (χ4n) is 2.97. The number of carbonyl (C=O) groups excluding carboxylic acids is 3. The van der Waals surface area contributed by atoms with Crippen molar-refractivity contribution in [1.29, 1.82) is 0 Å². The zero-order valence-corrected chi connectivity index (χ0v) is 15.4. The van der Waals surface area contributed by atoms with Crippen LogP contribution in [0.1, 0.15) is 40.1 Å². The predicted molar refractivity (Wildman–Crippen MR) is 102 cm³/mol. The number of aryl methyl sites for hydroxylation is 1. The van der Waals surface area contributed by atoms with E-state index in [0.717, 1.165) is 0 Å². The van der Waals surface area contributed by atoms with Crippen LogP contribution in [0, 0.1) is 12.8 Å². The number of benzene rings is 2. The maximum atomic E-state index is 12.5. The Bertz CT molecular complexity index is 937. The van der Waals surface area contributed by atoms with E-state index in [1.54, 1.807) is 31.2 Å². The van der Waals surface area contributed by atoms with Crippen LogP contribution in [0.2, 0.25) is 0 Å². The first kappa shape index (κ1) is 18.4. The van der Waals surface area contributed by atoms with E-state index in [0.29, 0.717) is 34.6 Å². The lowest BCUT2D eigenvalue weighted by Crippen LogP contribution is -2.33. The quantitative estimate of drug-likeness (QED) is 0.568. The van der Waals surface area contributed by atoms with Crippen molar-refractivity contribution in [2.75, 3.05) is 17.2 Å². The van der Waals surface area contributed by atoms with Gasteiger partial charge < -0.3 is 15.7 Å². The van der Waals surface area contributed by atoms with E-state index in [9.17, 15) is 19.5 Å². The summed E-state index contributed by atoms with van der Waals surface area (Å²) in [7, 11) is 0. The van der Waals surface area contributed by atoms with Gasteiger partial charge in [-0.05, 0) is 54.8 Å². The van der Waals surface area contributed by atoms with Gasteiger partial charge in [0.05, 0.1) is 11.1 Å². The summed E-state index contributed by atoms with van der Waals surface area (Å²) in [5, 5.41) is 14.8. The Morgan fingerprint density at radius 2 is 1.74 bits per heavy atom. The molecule has 0 aromatic heterocycles. The molecule has 0 saturated heterocycles. The van der Waals surface area contributed by atoms with E-state index in [2.05, 4.69) is 10.6 Å². The topological polar surface area (TPSA) is 98.7 Å². The fourth-order valence-corrected chi connectivity index (χ4v) is 2.97. The van der Waals surface area contributed by atoms with Gasteiger partial charge in [-0.25, -0.2) is 4.79 Å². The number of urea groups is 1. The van der Waals surface area contributed by atoms with Gasteiger partial charge in [0, 0.05) is 17.9 Å². The molecule has 0 aliphatic carbocycles. The van der Waals surface area contributed by atoms with E-state index < -0.39 is 6.03 Å². The Hall–Kier alpha value is -3.35. The van der Waals surface area contributed by atoms with Crippen molar-refractivity contribution in [2.45, 2.75) is 20.8 Å². The molecule has 0 fully saturated rings. The minimum Gasteiger partial charge on any atom is -0.508 e. The zero-order chi connectivity index (χ0) is 19.7. The van der Waals surface area contributed by atoms with E-state index in [1.807, 2.05) is 13.8 Å². The molecule has 7 heteroatoms. The summed E-state index contributed by atoms with van der Waals surface area (Å²) < 4.78 is 0. The molecule has 4 amide bonds. The van der Waals surface area contributed by atoms with Crippen LogP contribution >= 0.6 is 0 Å².